The molecule has 0 aromatic carbocycles. The highest BCUT2D eigenvalue weighted by Gasteiger charge is 2.45. The van der Waals surface area contributed by atoms with E-state index in [1.54, 1.807) is 20.8 Å². The van der Waals surface area contributed by atoms with Gasteiger partial charge >= 0.3 is 12.1 Å². The maximum absolute atomic E-state index is 12.3. The first-order valence-corrected chi connectivity index (χ1v) is 9.16. The van der Waals surface area contributed by atoms with Gasteiger partial charge in [0, 0.05) is 6.92 Å². The van der Waals surface area contributed by atoms with Gasteiger partial charge in [-0.1, -0.05) is 0 Å². The molecule has 1 aliphatic heterocycles. The van der Waals surface area contributed by atoms with Crippen LogP contribution in [0.1, 0.15) is 34.1 Å². The van der Waals surface area contributed by atoms with Crippen molar-refractivity contribution in [3.63, 3.8) is 0 Å². The number of aliphatic carboxylic acids is 1. The van der Waals surface area contributed by atoms with Crippen molar-refractivity contribution in [3.05, 3.63) is 0 Å². The molecule has 0 aromatic heterocycles. The van der Waals surface area contributed by atoms with Crippen LogP contribution < -0.4 is 16.0 Å². The van der Waals surface area contributed by atoms with E-state index in [4.69, 9.17) is 9.47 Å². The summed E-state index contributed by atoms with van der Waals surface area (Å²) in [7, 11) is 0. The summed E-state index contributed by atoms with van der Waals surface area (Å²) in [6.07, 6.45) is -7.52. The van der Waals surface area contributed by atoms with Crippen LogP contribution in [0.5, 0.6) is 0 Å². The van der Waals surface area contributed by atoms with Crippen LogP contribution in [-0.4, -0.2) is 93.1 Å². The molecular weight excluding hydrogens is 406 g/mol. The number of carbonyl (C=O) groups excluding carboxylic acids is 3. The summed E-state index contributed by atoms with van der Waals surface area (Å²) in [5.41, 5.74) is -0.882. The van der Waals surface area contributed by atoms with E-state index in [1.165, 1.54) is 0 Å². The van der Waals surface area contributed by atoms with Gasteiger partial charge in [0.2, 0.25) is 11.8 Å². The zero-order valence-corrected chi connectivity index (χ0v) is 17.1. The molecule has 1 saturated heterocycles. The molecule has 6 atom stereocenters. The molecule has 3 amide bonds. The van der Waals surface area contributed by atoms with Crippen molar-refractivity contribution in [1.29, 1.82) is 0 Å². The molecule has 1 rings (SSSR count). The van der Waals surface area contributed by atoms with Gasteiger partial charge in [-0.25, -0.2) is 9.59 Å². The summed E-state index contributed by atoms with van der Waals surface area (Å²) in [5.74, 6) is -2.99. The summed E-state index contributed by atoms with van der Waals surface area (Å²) in [5, 5.41) is 45.3. The number of carbonyl (C=O) groups is 4. The molecule has 1 fully saturated rings. The first kappa shape index (κ1) is 25.6. The standard InChI is InChI=1S/C17H29N3O10/c1-7(22)18-11-13(25)12(24)9(6-21)29-14(11)20-10(23)5-8(15(26)27)19-16(28)30-17(2,3)4/h8-9,11-14,21,24-25H,5-6H2,1-4H3,(H,18,22)(H,19,28)(H,20,23)(H,26,27). The number of hydrogen-bond acceptors (Lipinski definition) is 9. The second-order valence-corrected chi connectivity index (χ2v) is 7.79. The van der Waals surface area contributed by atoms with Gasteiger partial charge in [-0.15, -0.1) is 0 Å². The minimum absolute atomic E-state index is 0.591. The van der Waals surface area contributed by atoms with Crippen molar-refractivity contribution in [2.45, 2.75) is 76.3 Å². The van der Waals surface area contributed by atoms with E-state index >= 15 is 0 Å². The minimum atomic E-state index is -1.63. The van der Waals surface area contributed by atoms with Crippen molar-refractivity contribution in [2.75, 3.05) is 6.61 Å². The second-order valence-electron chi connectivity index (χ2n) is 7.79. The molecule has 0 aliphatic carbocycles. The van der Waals surface area contributed by atoms with Crippen molar-refractivity contribution in [2.24, 2.45) is 0 Å². The molecule has 13 nitrogen and oxygen atoms in total. The number of ether oxygens (including phenoxy) is 2. The molecule has 6 unspecified atom stereocenters. The van der Waals surface area contributed by atoms with Gasteiger partial charge in [-0.2, -0.15) is 0 Å². The molecule has 0 saturated carbocycles. The van der Waals surface area contributed by atoms with Gasteiger partial charge in [-0.3, -0.25) is 9.59 Å². The molecule has 172 valence electrons. The Morgan fingerprint density at radius 3 is 2.17 bits per heavy atom. The Hall–Kier alpha value is -2.48. The van der Waals surface area contributed by atoms with Crippen LogP contribution >= 0.6 is 0 Å². The fraction of sp³-hybridized carbons (Fsp3) is 0.765. The van der Waals surface area contributed by atoms with Gasteiger partial charge in [0.25, 0.3) is 0 Å². The topological polar surface area (TPSA) is 204 Å². The third kappa shape index (κ3) is 7.74. The number of aliphatic hydroxyl groups excluding tert-OH is 3. The monoisotopic (exact) mass is 435 g/mol. The Bertz CT molecular complexity index is 650. The van der Waals surface area contributed by atoms with Gasteiger partial charge in [-0.05, 0) is 20.8 Å². The predicted molar refractivity (Wildman–Crippen MR) is 98.9 cm³/mol. The van der Waals surface area contributed by atoms with Gasteiger partial charge in [0.15, 0.2) is 6.23 Å². The Morgan fingerprint density at radius 2 is 1.70 bits per heavy atom. The number of nitrogens with one attached hydrogen (secondary N) is 3. The Balaban J connectivity index is 2.85. The minimum Gasteiger partial charge on any atom is -0.480 e. The largest absolute Gasteiger partial charge is 0.480 e. The van der Waals surface area contributed by atoms with Crippen molar-refractivity contribution in [1.82, 2.24) is 16.0 Å². The number of amides is 3. The molecule has 0 spiro atoms. The number of rotatable bonds is 7. The lowest BCUT2D eigenvalue weighted by Gasteiger charge is -2.42. The fourth-order valence-corrected chi connectivity index (χ4v) is 2.69. The molecule has 13 heteroatoms. The quantitative estimate of drug-likeness (QED) is 0.222. The lowest BCUT2D eigenvalue weighted by Crippen LogP contribution is -2.68. The van der Waals surface area contributed by atoms with Crippen LogP contribution in [0.4, 0.5) is 4.79 Å². The zero-order valence-electron chi connectivity index (χ0n) is 17.1. The van der Waals surface area contributed by atoms with E-state index in [1.807, 2.05) is 0 Å². The normalized spacial score (nSPS) is 27.5. The summed E-state index contributed by atoms with van der Waals surface area (Å²) >= 11 is 0. The van der Waals surface area contributed by atoms with E-state index in [0.29, 0.717) is 0 Å². The summed E-state index contributed by atoms with van der Waals surface area (Å²) in [4.78, 5) is 46.9. The predicted octanol–water partition coefficient (Wildman–Crippen LogP) is -2.59. The van der Waals surface area contributed by atoms with Crippen LogP contribution in [0.25, 0.3) is 0 Å². The maximum Gasteiger partial charge on any atom is 0.408 e. The Morgan fingerprint density at radius 1 is 1.10 bits per heavy atom. The van der Waals surface area contributed by atoms with E-state index in [0.717, 1.165) is 6.92 Å². The smallest absolute Gasteiger partial charge is 0.408 e. The van der Waals surface area contributed by atoms with E-state index < -0.39 is 79.1 Å². The lowest BCUT2D eigenvalue weighted by atomic mass is 9.95. The number of alkyl carbamates (subject to hydrolysis) is 1. The highest BCUT2D eigenvalue weighted by Crippen LogP contribution is 2.20. The van der Waals surface area contributed by atoms with Crippen LogP contribution in [0.15, 0.2) is 0 Å². The van der Waals surface area contributed by atoms with Gasteiger partial charge < -0.3 is 45.9 Å². The van der Waals surface area contributed by atoms with Gasteiger partial charge in [0.1, 0.15) is 36.0 Å². The summed E-state index contributed by atoms with van der Waals surface area (Å²) < 4.78 is 10.3. The third-order valence-electron chi connectivity index (χ3n) is 3.98. The van der Waals surface area contributed by atoms with Crippen molar-refractivity contribution < 1.29 is 49.1 Å². The van der Waals surface area contributed by atoms with Crippen molar-refractivity contribution in [3.8, 4) is 0 Å². The number of hydrogen-bond donors (Lipinski definition) is 7. The lowest BCUT2D eigenvalue weighted by molar-refractivity contribution is -0.203. The summed E-state index contributed by atoms with van der Waals surface area (Å²) in [6.45, 7) is 5.19. The van der Waals surface area contributed by atoms with Crippen molar-refractivity contribution >= 4 is 23.9 Å². The third-order valence-corrected chi connectivity index (χ3v) is 3.98. The molecule has 30 heavy (non-hydrogen) atoms. The molecule has 7 N–H and O–H groups in total. The van der Waals surface area contributed by atoms with Gasteiger partial charge in [0.05, 0.1) is 13.0 Å². The van der Waals surface area contributed by atoms with Crippen LogP contribution in [0, 0.1) is 0 Å². The fourth-order valence-electron chi connectivity index (χ4n) is 2.69. The van der Waals surface area contributed by atoms with E-state index in [2.05, 4.69) is 16.0 Å². The molecule has 1 heterocycles. The molecule has 0 bridgehead atoms. The van der Waals surface area contributed by atoms with E-state index in [9.17, 15) is 39.6 Å². The molecular formula is C17H29N3O10. The average molecular weight is 435 g/mol. The first-order valence-electron chi connectivity index (χ1n) is 9.16. The van der Waals surface area contributed by atoms with E-state index in [-0.39, 0.29) is 0 Å². The zero-order chi connectivity index (χ0) is 23.2. The molecule has 1 aliphatic rings. The SMILES string of the molecule is CC(=O)NC1C(NC(=O)CC(NC(=O)OC(C)(C)C)C(=O)O)OC(CO)C(O)C1O. The van der Waals surface area contributed by atoms with Crippen LogP contribution in [0.2, 0.25) is 0 Å². The van der Waals surface area contributed by atoms with Crippen LogP contribution in [-0.2, 0) is 23.9 Å². The average Bonchev–Trinajstić information content (AvgIpc) is 2.58. The Kier molecular flexibility index (Phi) is 8.96. The molecule has 0 radical (unpaired) electrons. The highest BCUT2D eigenvalue weighted by molar-refractivity contribution is 5.87. The number of carboxylic acids is 1. The number of carboxylic acid groups (broad SMARTS) is 1. The first-order chi connectivity index (χ1) is 13.7. The highest BCUT2D eigenvalue weighted by atomic mass is 16.6. The maximum atomic E-state index is 12.3. The number of aliphatic hydroxyl groups is 3. The molecule has 0 aromatic rings. The summed E-state index contributed by atoms with van der Waals surface area (Å²) in [6, 6.07) is -2.90. The van der Waals surface area contributed by atoms with Crippen LogP contribution in [0.3, 0.4) is 0 Å². The Labute approximate surface area is 172 Å². The second kappa shape index (κ2) is 10.5.